The third-order valence-electron chi connectivity index (χ3n) is 4.96. The molecule has 0 spiro atoms. The molecule has 0 saturated carbocycles. The number of thiazole rings is 1. The standard InChI is InChI=1S/C20H27N3O2S/c1-14(23-12-6-4-5-7-13-23)19(24)22-20-21-18(15(2)26-20)16-8-10-17(25-3)11-9-16/h8-11,14H,4-7,12-13H2,1-3H3,(H,21,22,24). The third-order valence-corrected chi connectivity index (χ3v) is 5.84. The maximum absolute atomic E-state index is 12.7. The summed E-state index contributed by atoms with van der Waals surface area (Å²) < 4.78 is 5.21. The minimum absolute atomic E-state index is 0.0296. The molecule has 1 aliphatic rings. The van der Waals surface area contributed by atoms with Crippen LogP contribution in [0.4, 0.5) is 5.13 Å². The van der Waals surface area contributed by atoms with Crippen LogP contribution < -0.4 is 10.1 Å². The maximum Gasteiger partial charge on any atom is 0.243 e. The molecule has 1 aliphatic heterocycles. The molecule has 2 aromatic rings. The van der Waals surface area contributed by atoms with Gasteiger partial charge in [0.15, 0.2) is 5.13 Å². The molecule has 2 heterocycles. The highest BCUT2D eigenvalue weighted by Gasteiger charge is 2.23. The van der Waals surface area contributed by atoms with Crippen molar-refractivity contribution >= 4 is 22.4 Å². The highest BCUT2D eigenvalue weighted by atomic mass is 32.1. The van der Waals surface area contributed by atoms with E-state index in [1.165, 1.54) is 37.0 Å². The SMILES string of the molecule is COc1ccc(-c2nc(NC(=O)C(C)N3CCCCCC3)sc2C)cc1. The van der Waals surface area contributed by atoms with E-state index in [0.717, 1.165) is 35.0 Å². The van der Waals surface area contributed by atoms with Gasteiger partial charge >= 0.3 is 0 Å². The number of methoxy groups -OCH3 is 1. The van der Waals surface area contributed by atoms with E-state index in [1.54, 1.807) is 7.11 Å². The molecule has 0 radical (unpaired) electrons. The number of aromatic nitrogens is 1. The van der Waals surface area contributed by atoms with Crippen molar-refractivity contribution in [1.82, 2.24) is 9.88 Å². The van der Waals surface area contributed by atoms with Crippen LogP contribution >= 0.6 is 11.3 Å². The molecule has 1 amide bonds. The lowest BCUT2D eigenvalue weighted by atomic mass is 10.1. The zero-order valence-electron chi connectivity index (χ0n) is 15.7. The summed E-state index contributed by atoms with van der Waals surface area (Å²) in [5, 5.41) is 3.68. The first-order valence-electron chi connectivity index (χ1n) is 9.25. The van der Waals surface area contributed by atoms with Crippen LogP contribution in [0, 0.1) is 6.92 Å². The van der Waals surface area contributed by atoms with Gasteiger partial charge in [-0.15, -0.1) is 11.3 Å². The molecule has 1 saturated heterocycles. The Kier molecular flexibility index (Phi) is 6.27. The number of benzene rings is 1. The summed E-state index contributed by atoms with van der Waals surface area (Å²) in [5.41, 5.74) is 1.94. The van der Waals surface area contributed by atoms with Crippen molar-refractivity contribution in [2.75, 3.05) is 25.5 Å². The number of aryl methyl sites for hydroxylation is 1. The lowest BCUT2D eigenvalue weighted by molar-refractivity contribution is -0.120. The van der Waals surface area contributed by atoms with Crippen molar-refractivity contribution in [2.45, 2.75) is 45.6 Å². The highest BCUT2D eigenvalue weighted by Crippen LogP contribution is 2.31. The van der Waals surface area contributed by atoms with Crippen molar-refractivity contribution in [1.29, 1.82) is 0 Å². The molecular weight excluding hydrogens is 346 g/mol. The summed E-state index contributed by atoms with van der Waals surface area (Å²) in [6, 6.07) is 7.71. The molecule has 3 rings (SSSR count). The lowest BCUT2D eigenvalue weighted by Crippen LogP contribution is -2.42. The third kappa shape index (κ3) is 4.43. The number of hydrogen-bond acceptors (Lipinski definition) is 5. The van der Waals surface area contributed by atoms with Gasteiger partial charge in [0.2, 0.25) is 5.91 Å². The Balaban J connectivity index is 1.68. The number of nitrogens with one attached hydrogen (secondary N) is 1. The number of carbonyl (C=O) groups is 1. The molecule has 1 unspecified atom stereocenters. The van der Waals surface area contributed by atoms with Crippen LogP contribution in [0.15, 0.2) is 24.3 Å². The number of likely N-dealkylation sites (tertiary alicyclic amines) is 1. The molecule has 1 N–H and O–H groups in total. The van der Waals surface area contributed by atoms with Gasteiger partial charge in [-0.3, -0.25) is 9.69 Å². The molecule has 1 aromatic heterocycles. The fourth-order valence-electron chi connectivity index (χ4n) is 3.32. The van der Waals surface area contributed by atoms with Gasteiger partial charge < -0.3 is 10.1 Å². The van der Waals surface area contributed by atoms with Crippen LogP contribution in [-0.2, 0) is 4.79 Å². The molecule has 6 heteroatoms. The largest absolute Gasteiger partial charge is 0.497 e. The topological polar surface area (TPSA) is 54.5 Å². The van der Waals surface area contributed by atoms with Crippen molar-refractivity contribution in [3.63, 3.8) is 0 Å². The Hall–Kier alpha value is -1.92. The van der Waals surface area contributed by atoms with E-state index >= 15 is 0 Å². The Morgan fingerprint density at radius 1 is 1.19 bits per heavy atom. The van der Waals surface area contributed by atoms with Gasteiger partial charge in [-0.05, 0) is 64.0 Å². The fourth-order valence-corrected chi connectivity index (χ4v) is 4.16. The second kappa shape index (κ2) is 8.64. The molecule has 5 nitrogen and oxygen atoms in total. The Labute approximate surface area is 159 Å². The maximum atomic E-state index is 12.7. The first kappa shape index (κ1) is 18.9. The Bertz CT molecular complexity index is 734. The quantitative estimate of drug-likeness (QED) is 0.847. The van der Waals surface area contributed by atoms with Crippen LogP contribution in [-0.4, -0.2) is 42.0 Å². The van der Waals surface area contributed by atoms with Crippen molar-refractivity contribution in [2.24, 2.45) is 0 Å². The van der Waals surface area contributed by atoms with Crippen LogP contribution in [0.1, 0.15) is 37.5 Å². The van der Waals surface area contributed by atoms with Gasteiger partial charge in [-0.25, -0.2) is 4.98 Å². The normalized spacial score (nSPS) is 16.7. The predicted octanol–water partition coefficient (Wildman–Crippen LogP) is 4.33. The van der Waals surface area contributed by atoms with E-state index in [0.29, 0.717) is 5.13 Å². The molecule has 0 bridgehead atoms. The zero-order valence-corrected chi connectivity index (χ0v) is 16.6. The van der Waals surface area contributed by atoms with Gasteiger partial charge in [-0.2, -0.15) is 0 Å². The van der Waals surface area contributed by atoms with E-state index in [4.69, 9.17) is 4.74 Å². The molecule has 1 aromatic carbocycles. The predicted molar refractivity (Wildman–Crippen MR) is 107 cm³/mol. The van der Waals surface area contributed by atoms with Crippen LogP contribution in [0.3, 0.4) is 0 Å². The smallest absolute Gasteiger partial charge is 0.243 e. The first-order valence-corrected chi connectivity index (χ1v) is 10.1. The molecule has 26 heavy (non-hydrogen) atoms. The number of anilines is 1. The summed E-state index contributed by atoms with van der Waals surface area (Å²) in [4.78, 5) is 20.7. The van der Waals surface area contributed by atoms with Crippen molar-refractivity contribution < 1.29 is 9.53 Å². The van der Waals surface area contributed by atoms with Gasteiger partial charge in [0.1, 0.15) is 5.75 Å². The van der Waals surface area contributed by atoms with E-state index < -0.39 is 0 Å². The van der Waals surface area contributed by atoms with Gasteiger partial charge in [-0.1, -0.05) is 12.8 Å². The average Bonchev–Trinajstić information content (AvgIpc) is 2.86. The van der Waals surface area contributed by atoms with Crippen LogP contribution in [0.5, 0.6) is 5.75 Å². The van der Waals surface area contributed by atoms with Crippen molar-refractivity contribution in [3.05, 3.63) is 29.1 Å². The van der Waals surface area contributed by atoms with Crippen molar-refractivity contribution in [3.8, 4) is 17.0 Å². The number of hydrogen-bond donors (Lipinski definition) is 1. The van der Waals surface area contributed by atoms with E-state index in [9.17, 15) is 4.79 Å². The minimum atomic E-state index is -0.123. The number of amides is 1. The monoisotopic (exact) mass is 373 g/mol. The van der Waals surface area contributed by atoms with Gasteiger partial charge in [0.25, 0.3) is 0 Å². The van der Waals surface area contributed by atoms with E-state index in [-0.39, 0.29) is 11.9 Å². The summed E-state index contributed by atoms with van der Waals surface area (Å²) in [6.07, 6.45) is 4.88. The Morgan fingerprint density at radius 2 is 1.85 bits per heavy atom. The summed E-state index contributed by atoms with van der Waals surface area (Å²) in [6.45, 7) is 6.03. The second-order valence-corrected chi connectivity index (χ2v) is 7.97. The number of ether oxygens (including phenoxy) is 1. The highest BCUT2D eigenvalue weighted by molar-refractivity contribution is 7.16. The average molecular weight is 374 g/mol. The zero-order chi connectivity index (χ0) is 18.5. The first-order chi connectivity index (χ1) is 12.6. The fraction of sp³-hybridized carbons (Fsp3) is 0.500. The number of rotatable bonds is 5. The minimum Gasteiger partial charge on any atom is -0.497 e. The number of carbonyl (C=O) groups excluding carboxylic acids is 1. The lowest BCUT2D eigenvalue weighted by Gasteiger charge is -2.26. The second-order valence-electron chi connectivity index (χ2n) is 6.77. The van der Waals surface area contributed by atoms with Gasteiger partial charge in [0.05, 0.1) is 18.8 Å². The van der Waals surface area contributed by atoms with Crippen LogP contribution in [0.25, 0.3) is 11.3 Å². The molecule has 1 atom stereocenters. The van der Waals surface area contributed by atoms with E-state index in [2.05, 4.69) is 15.2 Å². The molecular formula is C20H27N3O2S. The Morgan fingerprint density at radius 3 is 2.46 bits per heavy atom. The molecule has 140 valence electrons. The summed E-state index contributed by atoms with van der Waals surface area (Å²) >= 11 is 1.52. The molecule has 0 aliphatic carbocycles. The molecule has 1 fully saturated rings. The summed E-state index contributed by atoms with van der Waals surface area (Å²) in [5.74, 6) is 0.850. The van der Waals surface area contributed by atoms with Gasteiger partial charge in [0, 0.05) is 10.4 Å². The van der Waals surface area contributed by atoms with Crippen LogP contribution in [0.2, 0.25) is 0 Å². The van der Waals surface area contributed by atoms with E-state index in [1.807, 2.05) is 38.1 Å². The summed E-state index contributed by atoms with van der Waals surface area (Å²) in [7, 11) is 1.65. The number of nitrogens with zero attached hydrogens (tertiary/aromatic N) is 2.